The average molecular weight is 372 g/mol. The largest absolute Gasteiger partial charge is 0.354 e. The molecule has 1 aliphatic rings. The third kappa shape index (κ3) is 2.22. The number of benzene rings is 1. The predicted octanol–water partition coefficient (Wildman–Crippen LogP) is 4.67. The number of rotatable bonds is 2. The van der Waals surface area contributed by atoms with E-state index in [4.69, 9.17) is 0 Å². The van der Waals surface area contributed by atoms with Gasteiger partial charge in [-0.15, -0.1) is 11.3 Å². The average Bonchev–Trinajstić information content (AvgIpc) is 3.30. The summed E-state index contributed by atoms with van der Waals surface area (Å²) in [5.41, 5.74) is 0.928. The fraction of sp³-hybridized carbons (Fsp3) is 0.111. The van der Waals surface area contributed by atoms with Crippen LogP contribution in [0.1, 0.15) is 0 Å². The van der Waals surface area contributed by atoms with E-state index in [0.29, 0.717) is 36.5 Å². The van der Waals surface area contributed by atoms with Crippen LogP contribution in [0.3, 0.4) is 0 Å². The van der Waals surface area contributed by atoms with Crippen molar-refractivity contribution in [2.24, 2.45) is 0 Å². The number of imidazole rings is 1. The highest BCUT2D eigenvalue weighted by molar-refractivity contribution is 7.22. The van der Waals surface area contributed by atoms with Crippen LogP contribution in [0.15, 0.2) is 36.7 Å². The second-order valence-corrected chi connectivity index (χ2v) is 7.07. The third-order valence-corrected chi connectivity index (χ3v) is 5.52. The minimum atomic E-state index is -1.22. The smallest absolute Gasteiger partial charge is 0.204 e. The summed E-state index contributed by atoms with van der Waals surface area (Å²) in [6, 6.07) is 5.28. The maximum Gasteiger partial charge on any atom is 0.204 e. The maximum atomic E-state index is 14.4. The molecule has 1 aliphatic heterocycles. The molecule has 130 valence electrons. The van der Waals surface area contributed by atoms with Crippen LogP contribution in [0.4, 0.5) is 19.1 Å². The monoisotopic (exact) mass is 372 g/mol. The van der Waals surface area contributed by atoms with E-state index >= 15 is 0 Å². The van der Waals surface area contributed by atoms with Gasteiger partial charge in [0, 0.05) is 47.2 Å². The van der Waals surface area contributed by atoms with Gasteiger partial charge in [-0.1, -0.05) is 0 Å². The van der Waals surface area contributed by atoms with Gasteiger partial charge in [-0.05, 0) is 18.2 Å². The summed E-state index contributed by atoms with van der Waals surface area (Å²) < 4.78 is 44.5. The van der Waals surface area contributed by atoms with Gasteiger partial charge in [-0.2, -0.15) is 0 Å². The van der Waals surface area contributed by atoms with Crippen LogP contribution in [0.5, 0.6) is 0 Å². The number of pyridine rings is 1. The molecule has 5 rings (SSSR count). The van der Waals surface area contributed by atoms with Crippen LogP contribution >= 0.6 is 11.3 Å². The molecule has 8 heteroatoms. The second kappa shape index (κ2) is 5.57. The molecule has 0 aliphatic carbocycles. The number of hydrogen-bond donors (Lipinski definition) is 1. The number of halogens is 3. The molecule has 0 bridgehead atoms. The van der Waals surface area contributed by atoms with Crippen LogP contribution in [-0.4, -0.2) is 21.1 Å². The van der Waals surface area contributed by atoms with Crippen LogP contribution in [-0.2, 0) is 6.54 Å². The normalized spacial score (nSPS) is 13.2. The molecular formula is C18H11F3N4S. The van der Waals surface area contributed by atoms with Crippen LogP contribution in [0.25, 0.3) is 31.9 Å². The molecular weight excluding hydrogens is 361 g/mol. The molecule has 3 aromatic heterocycles. The van der Waals surface area contributed by atoms with Gasteiger partial charge in [0.25, 0.3) is 0 Å². The number of aromatic nitrogens is 3. The van der Waals surface area contributed by atoms with Crippen molar-refractivity contribution >= 4 is 27.4 Å². The van der Waals surface area contributed by atoms with Gasteiger partial charge < -0.3 is 9.88 Å². The molecule has 1 aromatic carbocycles. The molecule has 0 saturated heterocycles. The SMILES string of the molecule is Fc1cc(F)c(-c2nc3n(c2-c2cc4cnccc4s2)CCN3)cc1F. The lowest BCUT2D eigenvalue weighted by Crippen LogP contribution is -1.99. The number of anilines is 1. The van der Waals surface area contributed by atoms with E-state index in [1.165, 1.54) is 11.3 Å². The van der Waals surface area contributed by atoms with Crippen molar-refractivity contribution in [2.75, 3.05) is 11.9 Å². The van der Waals surface area contributed by atoms with Crippen molar-refractivity contribution in [2.45, 2.75) is 6.54 Å². The summed E-state index contributed by atoms with van der Waals surface area (Å²) in [5.74, 6) is -2.57. The lowest BCUT2D eigenvalue weighted by Gasteiger charge is -2.07. The first-order valence-electron chi connectivity index (χ1n) is 7.95. The van der Waals surface area contributed by atoms with Crippen molar-refractivity contribution in [3.63, 3.8) is 0 Å². The summed E-state index contributed by atoms with van der Waals surface area (Å²) in [5, 5.41) is 4.10. The Morgan fingerprint density at radius 3 is 2.77 bits per heavy atom. The number of thiophene rings is 1. The Kier molecular flexibility index (Phi) is 3.30. The fourth-order valence-electron chi connectivity index (χ4n) is 3.23. The molecule has 4 aromatic rings. The molecule has 1 N–H and O–H groups in total. The molecule has 0 unspecified atom stereocenters. The summed E-state index contributed by atoms with van der Waals surface area (Å²) in [7, 11) is 0. The Balaban J connectivity index is 1.79. The van der Waals surface area contributed by atoms with Crippen molar-refractivity contribution in [1.29, 1.82) is 0 Å². The standard InChI is InChI=1S/C18H11F3N4S/c19-11-7-13(21)12(20)6-10(11)16-17(25-4-3-23-18(25)24-16)15-5-9-8-22-2-1-14(9)26-15/h1-2,5-8H,3-4H2,(H,23,24). The highest BCUT2D eigenvalue weighted by Gasteiger charge is 2.26. The first-order valence-corrected chi connectivity index (χ1v) is 8.77. The van der Waals surface area contributed by atoms with E-state index in [2.05, 4.69) is 15.3 Å². The van der Waals surface area contributed by atoms with Gasteiger partial charge >= 0.3 is 0 Å². The van der Waals surface area contributed by atoms with Crippen molar-refractivity contribution < 1.29 is 13.2 Å². The van der Waals surface area contributed by atoms with Gasteiger partial charge in [0.05, 0.1) is 10.6 Å². The third-order valence-electron chi connectivity index (χ3n) is 4.40. The zero-order chi connectivity index (χ0) is 17.8. The number of hydrogen-bond acceptors (Lipinski definition) is 4. The summed E-state index contributed by atoms with van der Waals surface area (Å²) in [4.78, 5) is 9.44. The van der Waals surface area contributed by atoms with Gasteiger partial charge in [-0.25, -0.2) is 18.2 Å². The Hall–Kier alpha value is -2.87. The van der Waals surface area contributed by atoms with Crippen molar-refractivity contribution in [3.8, 4) is 21.8 Å². The van der Waals surface area contributed by atoms with E-state index < -0.39 is 17.5 Å². The lowest BCUT2D eigenvalue weighted by atomic mass is 10.1. The first kappa shape index (κ1) is 15.4. The fourth-order valence-corrected chi connectivity index (χ4v) is 4.31. The highest BCUT2D eigenvalue weighted by Crippen LogP contribution is 2.42. The Labute approximate surface area is 149 Å². The van der Waals surface area contributed by atoms with Crippen molar-refractivity contribution in [3.05, 3.63) is 54.1 Å². The van der Waals surface area contributed by atoms with E-state index in [9.17, 15) is 13.2 Å². The lowest BCUT2D eigenvalue weighted by molar-refractivity contribution is 0.496. The van der Waals surface area contributed by atoms with Crippen molar-refractivity contribution in [1.82, 2.24) is 14.5 Å². The maximum absolute atomic E-state index is 14.4. The minimum absolute atomic E-state index is 0.0572. The Morgan fingerprint density at radius 2 is 1.92 bits per heavy atom. The number of fused-ring (bicyclic) bond motifs is 2. The molecule has 0 radical (unpaired) electrons. The molecule has 0 amide bonds. The summed E-state index contributed by atoms with van der Waals surface area (Å²) in [6.45, 7) is 1.37. The molecule has 4 nitrogen and oxygen atoms in total. The van der Waals surface area contributed by atoms with Gasteiger partial charge in [0.15, 0.2) is 11.6 Å². The van der Waals surface area contributed by atoms with Gasteiger partial charge in [0.2, 0.25) is 5.95 Å². The first-order chi connectivity index (χ1) is 12.6. The van der Waals surface area contributed by atoms with E-state index in [-0.39, 0.29) is 5.56 Å². The highest BCUT2D eigenvalue weighted by atomic mass is 32.1. The van der Waals surface area contributed by atoms with E-state index in [1.807, 2.05) is 16.7 Å². The Morgan fingerprint density at radius 1 is 1.08 bits per heavy atom. The second-order valence-electron chi connectivity index (χ2n) is 5.98. The topological polar surface area (TPSA) is 42.7 Å². The van der Waals surface area contributed by atoms with E-state index in [1.54, 1.807) is 12.4 Å². The quantitative estimate of drug-likeness (QED) is 0.520. The molecule has 0 atom stereocenters. The predicted molar refractivity (Wildman–Crippen MR) is 94.6 cm³/mol. The summed E-state index contributed by atoms with van der Waals surface area (Å²) in [6.07, 6.45) is 3.47. The van der Waals surface area contributed by atoms with Crippen LogP contribution in [0.2, 0.25) is 0 Å². The Bertz CT molecular complexity index is 1130. The van der Waals surface area contributed by atoms with Crippen LogP contribution < -0.4 is 5.32 Å². The zero-order valence-electron chi connectivity index (χ0n) is 13.3. The minimum Gasteiger partial charge on any atom is -0.354 e. The van der Waals surface area contributed by atoms with Gasteiger partial charge in [-0.3, -0.25) is 4.98 Å². The molecule has 4 heterocycles. The number of nitrogens with zero attached hydrogens (tertiary/aromatic N) is 3. The number of nitrogens with one attached hydrogen (secondary N) is 1. The molecule has 0 spiro atoms. The van der Waals surface area contributed by atoms with E-state index in [0.717, 1.165) is 21.0 Å². The zero-order valence-corrected chi connectivity index (χ0v) is 14.1. The molecule has 0 saturated carbocycles. The molecule has 26 heavy (non-hydrogen) atoms. The van der Waals surface area contributed by atoms with Crippen LogP contribution in [0, 0.1) is 17.5 Å². The van der Waals surface area contributed by atoms with Gasteiger partial charge in [0.1, 0.15) is 11.5 Å². The summed E-state index contributed by atoms with van der Waals surface area (Å²) >= 11 is 1.52. The molecule has 0 fully saturated rings.